The van der Waals surface area contributed by atoms with Gasteiger partial charge in [0.2, 0.25) is 0 Å². The zero-order chi connectivity index (χ0) is 9.00. The fourth-order valence-corrected chi connectivity index (χ4v) is 0. The van der Waals surface area contributed by atoms with Gasteiger partial charge in [0.1, 0.15) is 0 Å². The summed E-state index contributed by atoms with van der Waals surface area (Å²) in [4.78, 5) is 0. The van der Waals surface area contributed by atoms with E-state index in [2.05, 4.69) is 0 Å². The van der Waals surface area contributed by atoms with Gasteiger partial charge in [0.15, 0.2) is 0 Å². The Hall–Kier alpha value is 0.179. The van der Waals surface area contributed by atoms with E-state index in [0.29, 0.717) is 0 Å². The summed E-state index contributed by atoms with van der Waals surface area (Å²) in [6.45, 7) is 0. The molecule has 1 radical (unpaired) electrons. The van der Waals surface area contributed by atoms with Crippen molar-refractivity contribution in [2.24, 2.45) is 0 Å². The molecule has 0 heterocycles. The Bertz CT molecular complexity index is 217. The predicted molar refractivity (Wildman–Crippen MR) is 34.7 cm³/mol. The van der Waals surface area contributed by atoms with E-state index < -0.39 is 20.8 Å². The zero-order valence-corrected chi connectivity index (χ0v) is 8.77. The van der Waals surface area contributed by atoms with E-state index in [-0.39, 0.29) is 29.4 Å². The molecule has 0 aliphatic carbocycles. The monoisotopic (exact) mass is 283 g/mol. The maximum absolute atomic E-state index is 8.74. The van der Waals surface area contributed by atoms with Gasteiger partial charge in [-0.25, -0.2) is 0 Å². The van der Waals surface area contributed by atoms with Crippen LogP contribution in [0.2, 0.25) is 0 Å². The molecule has 0 aromatic heterocycles. The third kappa shape index (κ3) is 39200. The molecule has 0 aliphatic rings. The second-order valence-corrected chi connectivity index (χ2v) is 2.57. The predicted octanol–water partition coefficient (Wildman–Crippen LogP) is -1.67. The van der Waals surface area contributed by atoms with E-state index in [9.17, 15) is 0 Å². The normalized spacial score (nSPS) is 8.92. The summed E-state index contributed by atoms with van der Waals surface area (Å²) in [7, 11) is -9.83. The van der Waals surface area contributed by atoms with Gasteiger partial charge in [-0.05, 0) is 0 Å². The second-order valence-electron chi connectivity index (χ2n) is 0.856. The summed E-state index contributed by atoms with van der Waals surface area (Å²) in [6, 6.07) is 0. The SMILES string of the molecule is N.N.O=S(=O)(O)O.O=S(=O)([O-])[O-].[Mn+2]. The van der Waals surface area contributed by atoms with Crippen LogP contribution >= 0.6 is 0 Å². The van der Waals surface area contributed by atoms with Crippen LogP contribution in [-0.2, 0) is 37.9 Å². The molecule has 8 N–H and O–H groups in total. The van der Waals surface area contributed by atoms with Crippen LogP contribution in [0.15, 0.2) is 0 Å². The first-order valence-electron chi connectivity index (χ1n) is 1.37. The average molecular weight is 283 g/mol. The van der Waals surface area contributed by atoms with E-state index in [1.54, 1.807) is 0 Å². The third-order valence-electron chi connectivity index (χ3n) is 0. The molecule has 0 atom stereocenters. The molecule has 0 aromatic carbocycles. The molecule has 0 amide bonds. The van der Waals surface area contributed by atoms with Gasteiger partial charge < -0.3 is 21.4 Å². The Morgan fingerprint density at radius 2 is 0.846 bits per heavy atom. The van der Waals surface area contributed by atoms with E-state index in [0.717, 1.165) is 0 Å². The minimum absolute atomic E-state index is 0. The Morgan fingerprint density at radius 1 is 0.846 bits per heavy atom. The average Bonchev–Trinajstić information content (AvgIpc) is 1.12. The van der Waals surface area contributed by atoms with Crippen molar-refractivity contribution in [3.8, 4) is 0 Å². The van der Waals surface area contributed by atoms with E-state index in [4.69, 9.17) is 35.0 Å². The molecule has 85 valence electrons. The fourth-order valence-electron chi connectivity index (χ4n) is 0. The largest absolute Gasteiger partial charge is 2.00 e. The van der Waals surface area contributed by atoms with E-state index in [1.807, 2.05) is 0 Å². The first-order chi connectivity index (χ1) is 4.00. The molecule has 0 saturated heterocycles. The maximum Gasteiger partial charge on any atom is 2.00 e. The van der Waals surface area contributed by atoms with Crippen LogP contribution in [0, 0.1) is 0 Å². The van der Waals surface area contributed by atoms with Gasteiger partial charge in [-0.2, -0.15) is 8.42 Å². The van der Waals surface area contributed by atoms with Gasteiger partial charge in [0.25, 0.3) is 0 Å². The van der Waals surface area contributed by atoms with Crippen molar-refractivity contribution in [1.29, 1.82) is 0 Å². The number of hydrogen-bond donors (Lipinski definition) is 4. The molecule has 0 aliphatic heterocycles. The van der Waals surface area contributed by atoms with Gasteiger partial charge in [0, 0.05) is 10.4 Å². The van der Waals surface area contributed by atoms with Crippen LogP contribution in [0.25, 0.3) is 0 Å². The summed E-state index contributed by atoms with van der Waals surface area (Å²) in [5.41, 5.74) is 0. The van der Waals surface area contributed by atoms with Crippen molar-refractivity contribution in [1.82, 2.24) is 12.3 Å². The van der Waals surface area contributed by atoms with Crippen molar-refractivity contribution >= 4 is 20.8 Å². The molecule has 0 rings (SSSR count). The minimum atomic E-state index is -5.17. The van der Waals surface area contributed by atoms with Gasteiger partial charge in [-0.1, -0.05) is 0 Å². The summed E-state index contributed by atoms with van der Waals surface area (Å²) in [5, 5.41) is 0. The van der Waals surface area contributed by atoms with Crippen LogP contribution in [0.3, 0.4) is 0 Å². The molecule has 0 fully saturated rings. The van der Waals surface area contributed by atoms with Gasteiger partial charge in [-0.15, -0.1) is 0 Å². The van der Waals surface area contributed by atoms with E-state index in [1.165, 1.54) is 0 Å². The van der Waals surface area contributed by atoms with Crippen LogP contribution in [0.5, 0.6) is 0 Å². The molecule has 0 unspecified atom stereocenters. The topological polar surface area (TPSA) is 225 Å². The summed E-state index contributed by atoms with van der Waals surface area (Å²) >= 11 is 0. The van der Waals surface area contributed by atoms with Crippen molar-refractivity contribution in [2.75, 3.05) is 0 Å². The maximum atomic E-state index is 8.74. The Kier molecular flexibility index (Phi) is 23.1. The Balaban J connectivity index is -0.0000000267. The van der Waals surface area contributed by atoms with E-state index >= 15 is 0 Å². The molecule has 0 spiro atoms. The molecule has 0 saturated carbocycles. The summed E-state index contributed by atoms with van der Waals surface area (Å²) in [5.74, 6) is 0. The molecule has 0 aromatic rings. The van der Waals surface area contributed by atoms with Crippen LogP contribution in [0.4, 0.5) is 0 Å². The van der Waals surface area contributed by atoms with Crippen molar-refractivity contribution in [3.05, 3.63) is 0 Å². The molecule has 13 heteroatoms. The Labute approximate surface area is 85.5 Å². The third-order valence-corrected chi connectivity index (χ3v) is 0. The quantitative estimate of drug-likeness (QED) is 0.224. The second kappa shape index (κ2) is 10.3. The van der Waals surface area contributed by atoms with Gasteiger partial charge in [0.05, 0.1) is 0 Å². The molecular formula is H8MnN2O8S2. The molecule has 10 nitrogen and oxygen atoms in total. The van der Waals surface area contributed by atoms with Gasteiger partial charge >= 0.3 is 27.5 Å². The summed E-state index contributed by atoms with van der Waals surface area (Å²) < 4.78 is 65.7. The molecule has 13 heavy (non-hydrogen) atoms. The molecule has 0 bridgehead atoms. The minimum Gasteiger partial charge on any atom is -0.759 e. The zero-order valence-electron chi connectivity index (χ0n) is 5.95. The van der Waals surface area contributed by atoms with Crippen molar-refractivity contribution in [3.63, 3.8) is 0 Å². The number of hydrogen-bond acceptors (Lipinski definition) is 8. The molecular weight excluding hydrogens is 275 g/mol. The Morgan fingerprint density at radius 3 is 0.846 bits per heavy atom. The van der Waals surface area contributed by atoms with Crippen molar-refractivity contribution < 1.29 is 52.1 Å². The number of rotatable bonds is 0. The fraction of sp³-hybridized carbons (Fsp3) is 0. The van der Waals surface area contributed by atoms with Crippen LogP contribution in [0.1, 0.15) is 0 Å². The smallest absolute Gasteiger partial charge is 0.759 e. The summed E-state index contributed by atoms with van der Waals surface area (Å²) in [6.07, 6.45) is 0. The first-order valence-corrected chi connectivity index (χ1v) is 4.10. The van der Waals surface area contributed by atoms with Crippen LogP contribution < -0.4 is 12.3 Å². The van der Waals surface area contributed by atoms with Crippen LogP contribution in [-0.4, -0.2) is 35.0 Å². The first kappa shape index (κ1) is 29.2. The van der Waals surface area contributed by atoms with Gasteiger partial charge in [-0.3, -0.25) is 17.5 Å². The standard InChI is InChI=1S/Mn.2H3N.2H2O4S/c;;;2*1-5(2,3)4/h;2*1H3;2*(H2,1,2,3,4)/q+2;;;;/p-2. The van der Waals surface area contributed by atoms with Crippen molar-refractivity contribution in [2.45, 2.75) is 0 Å².